The fourth-order valence-electron chi connectivity index (χ4n) is 3.03. The van der Waals surface area contributed by atoms with Crippen LogP contribution in [-0.4, -0.2) is 53.3 Å². The number of carbonyl (C=O) groups excluding carboxylic acids is 1. The number of aliphatic carboxylic acids is 1. The van der Waals surface area contributed by atoms with Crippen molar-refractivity contribution in [2.24, 2.45) is 5.41 Å². The van der Waals surface area contributed by atoms with Crippen LogP contribution in [0.3, 0.4) is 0 Å². The van der Waals surface area contributed by atoms with E-state index in [-0.39, 0.29) is 18.2 Å². The average molecular weight is 284 g/mol. The molecular formula is C14H24N2O4. The number of hydrogen-bond acceptors (Lipinski definition) is 3. The lowest BCUT2D eigenvalue weighted by molar-refractivity contribution is -0.142. The van der Waals surface area contributed by atoms with Crippen LogP contribution in [0.15, 0.2) is 0 Å². The van der Waals surface area contributed by atoms with Gasteiger partial charge in [-0.3, -0.25) is 0 Å². The summed E-state index contributed by atoms with van der Waals surface area (Å²) >= 11 is 0. The number of morpholine rings is 1. The molecule has 0 bridgehead atoms. The lowest BCUT2D eigenvalue weighted by Crippen LogP contribution is -2.59. The van der Waals surface area contributed by atoms with E-state index in [2.05, 4.69) is 5.32 Å². The highest BCUT2D eigenvalue weighted by atomic mass is 16.5. The predicted molar refractivity (Wildman–Crippen MR) is 73.5 cm³/mol. The van der Waals surface area contributed by atoms with Crippen LogP contribution < -0.4 is 5.32 Å². The molecule has 6 nitrogen and oxygen atoms in total. The number of nitrogens with zero attached hydrogens (tertiary/aromatic N) is 1. The number of fused-ring (bicyclic) bond motifs is 1. The van der Waals surface area contributed by atoms with Crippen molar-refractivity contribution in [2.75, 3.05) is 13.2 Å². The molecule has 1 aliphatic carbocycles. The van der Waals surface area contributed by atoms with Gasteiger partial charge in [-0.15, -0.1) is 0 Å². The van der Waals surface area contributed by atoms with E-state index in [4.69, 9.17) is 4.74 Å². The number of nitrogens with one attached hydrogen (secondary N) is 1. The second kappa shape index (κ2) is 5.60. The fourth-order valence-corrected chi connectivity index (χ4v) is 3.03. The summed E-state index contributed by atoms with van der Waals surface area (Å²) in [4.78, 5) is 25.5. The van der Waals surface area contributed by atoms with Gasteiger partial charge in [-0.05, 0) is 24.7 Å². The van der Waals surface area contributed by atoms with Crippen molar-refractivity contribution in [3.8, 4) is 0 Å². The Morgan fingerprint density at radius 3 is 2.65 bits per heavy atom. The summed E-state index contributed by atoms with van der Waals surface area (Å²) in [6.45, 7) is 6.49. The minimum Gasteiger partial charge on any atom is -0.480 e. The van der Waals surface area contributed by atoms with E-state index >= 15 is 0 Å². The highest BCUT2D eigenvalue weighted by molar-refractivity contribution is 5.83. The van der Waals surface area contributed by atoms with Crippen molar-refractivity contribution in [1.82, 2.24) is 10.2 Å². The van der Waals surface area contributed by atoms with Gasteiger partial charge in [-0.2, -0.15) is 0 Å². The molecule has 0 aromatic heterocycles. The number of ether oxygens (including phenoxy) is 1. The molecule has 1 saturated heterocycles. The van der Waals surface area contributed by atoms with Gasteiger partial charge in [-0.1, -0.05) is 20.8 Å². The third-order valence-corrected chi connectivity index (χ3v) is 4.12. The fraction of sp³-hybridized carbons (Fsp3) is 0.857. The molecule has 1 saturated carbocycles. The molecule has 2 fully saturated rings. The largest absolute Gasteiger partial charge is 0.480 e. The zero-order valence-electron chi connectivity index (χ0n) is 12.4. The van der Waals surface area contributed by atoms with Crippen LogP contribution in [0.1, 0.15) is 40.0 Å². The normalized spacial score (nSPS) is 27.9. The van der Waals surface area contributed by atoms with Gasteiger partial charge in [0.25, 0.3) is 0 Å². The number of urea groups is 1. The molecule has 114 valence electrons. The number of carboxylic acids is 1. The molecule has 1 heterocycles. The van der Waals surface area contributed by atoms with Crippen molar-refractivity contribution >= 4 is 12.0 Å². The third kappa shape index (κ3) is 3.06. The first-order chi connectivity index (χ1) is 9.30. The van der Waals surface area contributed by atoms with E-state index in [0.29, 0.717) is 13.2 Å². The number of carbonyl (C=O) groups is 2. The van der Waals surface area contributed by atoms with E-state index < -0.39 is 17.4 Å². The molecule has 0 aromatic carbocycles. The van der Waals surface area contributed by atoms with Crippen molar-refractivity contribution in [1.29, 1.82) is 0 Å². The van der Waals surface area contributed by atoms with Gasteiger partial charge in [0, 0.05) is 6.54 Å². The van der Waals surface area contributed by atoms with E-state index in [1.807, 2.05) is 20.8 Å². The Balaban J connectivity index is 2.05. The Morgan fingerprint density at radius 1 is 1.35 bits per heavy atom. The molecule has 0 radical (unpaired) electrons. The summed E-state index contributed by atoms with van der Waals surface area (Å²) in [6.07, 6.45) is 3.09. The Hall–Kier alpha value is -1.30. The van der Waals surface area contributed by atoms with Crippen LogP contribution in [-0.2, 0) is 9.53 Å². The van der Waals surface area contributed by atoms with Gasteiger partial charge in [0.2, 0.25) is 0 Å². The third-order valence-electron chi connectivity index (χ3n) is 4.12. The van der Waals surface area contributed by atoms with Gasteiger partial charge >= 0.3 is 12.0 Å². The molecule has 2 unspecified atom stereocenters. The maximum absolute atomic E-state index is 12.4. The number of hydrogen-bond donors (Lipinski definition) is 2. The maximum Gasteiger partial charge on any atom is 0.326 e. The maximum atomic E-state index is 12.4. The zero-order chi connectivity index (χ0) is 14.9. The highest BCUT2D eigenvalue weighted by Gasteiger charge is 2.40. The standard InChI is InChI=1S/C14H24N2O4/c1-14(2,3)11(12(17)18)15-13(19)16-7-8-20-10-6-4-5-9(10)16/h9-11H,4-8H2,1-3H3,(H,15,19)(H,17,18)/t9?,10?,11-/m0/s1. The molecule has 6 heteroatoms. The summed E-state index contributed by atoms with van der Waals surface area (Å²) in [5.41, 5.74) is -0.525. The molecular weight excluding hydrogens is 260 g/mol. The van der Waals surface area contributed by atoms with Crippen molar-refractivity contribution in [3.05, 3.63) is 0 Å². The second-order valence-electron chi connectivity index (χ2n) is 6.69. The summed E-state index contributed by atoms with van der Waals surface area (Å²) in [6, 6.07) is -1.08. The summed E-state index contributed by atoms with van der Waals surface area (Å²) < 4.78 is 5.66. The SMILES string of the molecule is CC(C)(C)[C@@H](NC(=O)N1CCOC2CCCC21)C(=O)O. The average Bonchev–Trinajstić information content (AvgIpc) is 2.81. The molecule has 2 aliphatic rings. The van der Waals surface area contributed by atoms with E-state index in [9.17, 15) is 14.7 Å². The van der Waals surface area contributed by atoms with Gasteiger partial charge in [-0.25, -0.2) is 9.59 Å². The topological polar surface area (TPSA) is 78.9 Å². The van der Waals surface area contributed by atoms with Gasteiger partial charge in [0.15, 0.2) is 0 Å². The Morgan fingerprint density at radius 2 is 2.05 bits per heavy atom. The van der Waals surface area contributed by atoms with Gasteiger partial charge in [0.1, 0.15) is 6.04 Å². The van der Waals surface area contributed by atoms with Crippen LogP contribution in [0.25, 0.3) is 0 Å². The Bertz CT molecular complexity index is 391. The first-order valence-corrected chi connectivity index (χ1v) is 7.22. The predicted octanol–water partition coefficient (Wildman–Crippen LogP) is 1.45. The summed E-state index contributed by atoms with van der Waals surface area (Å²) in [5.74, 6) is -0.998. The van der Waals surface area contributed by atoms with Gasteiger partial charge < -0.3 is 20.1 Å². The minimum atomic E-state index is -0.998. The minimum absolute atomic E-state index is 0.0955. The number of rotatable bonds is 2. The van der Waals surface area contributed by atoms with Crippen LogP contribution in [0.4, 0.5) is 4.79 Å². The van der Waals surface area contributed by atoms with Crippen molar-refractivity contribution < 1.29 is 19.4 Å². The molecule has 3 atom stereocenters. The van der Waals surface area contributed by atoms with Crippen LogP contribution in [0, 0.1) is 5.41 Å². The van der Waals surface area contributed by atoms with Crippen LogP contribution in [0.5, 0.6) is 0 Å². The molecule has 0 aromatic rings. The molecule has 2 amide bonds. The Kier molecular flexibility index (Phi) is 4.22. The van der Waals surface area contributed by atoms with Crippen LogP contribution >= 0.6 is 0 Å². The van der Waals surface area contributed by atoms with E-state index in [1.165, 1.54) is 0 Å². The first-order valence-electron chi connectivity index (χ1n) is 7.22. The first kappa shape index (κ1) is 15.1. The zero-order valence-corrected chi connectivity index (χ0v) is 12.4. The van der Waals surface area contributed by atoms with E-state index in [0.717, 1.165) is 19.3 Å². The van der Waals surface area contributed by atoms with Crippen LogP contribution in [0.2, 0.25) is 0 Å². The number of carboxylic acid groups (broad SMARTS) is 1. The molecule has 2 N–H and O–H groups in total. The molecule has 1 aliphatic heterocycles. The smallest absolute Gasteiger partial charge is 0.326 e. The molecule has 0 spiro atoms. The lowest BCUT2D eigenvalue weighted by atomic mass is 9.87. The Labute approximate surface area is 119 Å². The van der Waals surface area contributed by atoms with Crippen molar-refractivity contribution in [2.45, 2.75) is 58.2 Å². The quantitative estimate of drug-likeness (QED) is 0.804. The second-order valence-corrected chi connectivity index (χ2v) is 6.69. The summed E-state index contributed by atoms with van der Waals surface area (Å²) in [5, 5.41) is 12.0. The molecule has 2 rings (SSSR count). The molecule has 20 heavy (non-hydrogen) atoms. The lowest BCUT2D eigenvalue weighted by Gasteiger charge is -2.39. The summed E-state index contributed by atoms with van der Waals surface area (Å²) in [7, 11) is 0. The van der Waals surface area contributed by atoms with Crippen molar-refractivity contribution in [3.63, 3.8) is 0 Å². The highest BCUT2D eigenvalue weighted by Crippen LogP contribution is 2.30. The van der Waals surface area contributed by atoms with E-state index in [1.54, 1.807) is 4.90 Å². The van der Waals surface area contributed by atoms with Gasteiger partial charge in [0.05, 0.1) is 18.8 Å². The monoisotopic (exact) mass is 284 g/mol. The number of amides is 2.